The molecular formula is C9H11ClN2O3. The van der Waals surface area contributed by atoms with E-state index in [4.69, 9.17) is 11.6 Å². The van der Waals surface area contributed by atoms with Crippen LogP contribution >= 0.6 is 11.6 Å². The molecule has 0 aromatic rings. The Hall–Kier alpha value is -1.10. The SMILES string of the molecule is O=C1NC(=O)[C@@H]2CN(C(=O)CCl)CC[C@@H]12. The molecule has 2 aliphatic rings. The van der Waals surface area contributed by atoms with Gasteiger partial charge < -0.3 is 4.90 Å². The van der Waals surface area contributed by atoms with Crippen LogP contribution < -0.4 is 5.32 Å². The van der Waals surface area contributed by atoms with Crippen LogP contribution in [-0.2, 0) is 14.4 Å². The largest absolute Gasteiger partial charge is 0.341 e. The summed E-state index contributed by atoms with van der Waals surface area (Å²) < 4.78 is 0. The summed E-state index contributed by atoms with van der Waals surface area (Å²) in [6.45, 7) is 0.821. The molecule has 2 rings (SSSR count). The fraction of sp³-hybridized carbons (Fsp3) is 0.667. The van der Waals surface area contributed by atoms with E-state index in [1.165, 1.54) is 0 Å². The average Bonchev–Trinajstić information content (AvgIpc) is 2.53. The Bertz CT molecular complexity index is 331. The summed E-state index contributed by atoms with van der Waals surface area (Å²) >= 11 is 5.43. The number of amides is 3. The lowest BCUT2D eigenvalue weighted by atomic mass is 9.88. The van der Waals surface area contributed by atoms with E-state index < -0.39 is 0 Å². The lowest BCUT2D eigenvalue weighted by Gasteiger charge is -2.31. The fourth-order valence-corrected chi connectivity index (χ4v) is 2.32. The van der Waals surface area contributed by atoms with Gasteiger partial charge in [-0.05, 0) is 6.42 Å². The highest BCUT2D eigenvalue weighted by Crippen LogP contribution is 2.28. The molecule has 0 spiro atoms. The van der Waals surface area contributed by atoms with Crippen molar-refractivity contribution in [3.8, 4) is 0 Å². The standard InChI is InChI=1S/C9H11ClN2O3/c10-3-7(13)12-2-1-5-6(4-12)9(15)11-8(5)14/h5-6H,1-4H2,(H,11,14,15)/t5-,6-/m1/s1. The van der Waals surface area contributed by atoms with Crippen LogP contribution in [0.5, 0.6) is 0 Å². The van der Waals surface area contributed by atoms with Crippen molar-refractivity contribution in [2.75, 3.05) is 19.0 Å². The van der Waals surface area contributed by atoms with E-state index in [2.05, 4.69) is 5.32 Å². The molecule has 2 heterocycles. The number of carbonyl (C=O) groups excluding carboxylic acids is 3. The maximum Gasteiger partial charge on any atom is 0.237 e. The Morgan fingerprint density at radius 1 is 1.40 bits per heavy atom. The predicted octanol–water partition coefficient (Wildman–Crippen LogP) is -0.654. The minimum absolute atomic E-state index is 0.0764. The molecule has 0 aromatic heterocycles. The number of likely N-dealkylation sites (tertiary alicyclic amines) is 1. The lowest BCUT2D eigenvalue weighted by molar-refractivity contribution is -0.134. The number of rotatable bonds is 1. The predicted molar refractivity (Wildman–Crippen MR) is 52.0 cm³/mol. The van der Waals surface area contributed by atoms with Crippen molar-refractivity contribution < 1.29 is 14.4 Å². The van der Waals surface area contributed by atoms with Crippen LogP contribution in [0.4, 0.5) is 0 Å². The number of nitrogens with zero attached hydrogens (tertiary/aromatic N) is 1. The quantitative estimate of drug-likeness (QED) is 0.481. The number of alkyl halides is 1. The van der Waals surface area contributed by atoms with Crippen LogP contribution in [-0.4, -0.2) is 41.6 Å². The number of fused-ring (bicyclic) bond motifs is 1. The number of nitrogens with one attached hydrogen (secondary N) is 1. The summed E-state index contributed by atoms with van der Waals surface area (Å²) in [6.07, 6.45) is 0.546. The molecule has 0 aliphatic carbocycles. The van der Waals surface area contributed by atoms with Crippen molar-refractivity contribution in [1.82, 2.24) is 10.2 Å². The summed E-state index contributed by atoms with van der Waals surface area (Å²) in [7, 11) is 0. The van der Waals surface area contributed by atoms with E-state index in [0.29, 0.717) is 19.5 Å². The molecule has 3 amide bonds. The second kappa shape index (κ2) is 3.81. The number of hydrogen-bond donors (Lipinski definition) is 1. The molecule has 0 bridgehead atoms. The second-order valence-electron chi connectivity index (χ2n) is 3.83. The van der Waals surface area contributed by atoms with Gasteiger partial charge >= 0.3 is 0 Å². The van der Waals surface area contributed by atoms with E-state index in [-0.39, 0.29) is 35.4 Å². The first-order chi connectivity index (χ1) is 7.13. The molecule has 6 heteroatoms. The van der Waals surface area contributed by atoms with Crippen LogP contribution in [0.1, 0.15) is 6.42 Å². The molecule has 0 radical (unpaired) electrons. The van der Waals surface area contributed by atoms with Gasteiger partial charge in [0.05, 0.1) is 11.8 Å². The van der Waals surface area contributed by atoms with Crippen LogP contribution in [0.15, 0.2) is 0 Å². The Kier molecular flexibility index (Phi) is 2.65. The summed E-state index contributed by atoms with van der Waals surface area (Å²) in [4.78, 5) is 35.5. The molecule has 1 N–H and O–H groups in total. The van der Waals surface area contributed by atoms with Crippen molar-refractivity contribution in [3.63, 3.8) is 0 Å². The zero-order chi connectivity index (χ0) is 11.0. The van der Waals surface area contributed by atoms with E-state index in [0.717, 1.165) is 0 Å². The third-order valence-electron chi connectivity index (χ3n) is 3.00. The number of hydrogen-bond acceptors (Lipinski definition) is 3. The number of carbonyl (C=O) groups is 3. The third-order valence-corrected chi connectivity index (χ3v) is 3.23. The maximum atomic E-state index is 11.4. The van der Waals surface area contributed by atoms with Gasteiger partial charge in [0.25, 0.3) is 0 Å². The molecule has 5 nitrogen and oxygen atoms in total. The summed E-state index contributed by atoms with van der Waals surface area (Å²) in [5.74, 6) is -1.36. The van der Waals surface area contributed by atoms with Gasteiger partial charge in [0.15, 0.2) is 0 Å². The van der Waals surface area contributed by atoms with Crippen LogP contribution in [0.25, 0.3) is 0 Å². The van der Waals surface area contributed by atoms with Crippen LogP contribution in [0.2, 0.25) is 0 Å². The second-order valence-corrected chi connectivity index (χ2v) is 4.10. The highest BCUT2D eigenvalue weighted by molar-refractivity contribution is 6.27. The Morgan fingerprint density at radius 2 is 2.07 bits per heavy atom. The Balaban J connectivity index is 2.08. The van der Waals surface area contributed by atoms with E-state index >= 15 is 0 Å². The van der Waals surface area contributed by atoms with Crippen molar-refractivity contribution >= 4 is 29.3 Å². The summed E-state index contributed by atoms with van der Waals surface area (Å²) in [5, 5.41) is 2.29. The smallest absolute Gasteiger partial charge is 0.237 e. The highest BCUT2D eigenvalue weighted by atomic mass is 35.5. The van der Waals surface area contributed by atoms with Gasteiger partial charge in [-0.25, -0.2) is 0 Å². The van der Waals surface area contributed by atoms with Crippen molar-refractivity contribution in [2.24, 2.45) is 11.8 Å². The normalized spacial score (nSPS) is 30.1. The minimum Gasteiger partial charge on any atom is -0.341 e. The van der Waals surface area contributed by atoms with E-state index in [1.54, 1.807) is 4.90 Å². The fourth-order valence-electron chi connectivity index (χ4n) is 2.15. The van der Waals surface area contributed by atoms with Crippen LogP contribution in [0.3, 0.4) is 0 Å². The van der Waals surface area contributed by atoms with Gasteiger partial charge in [-0.2, -0.15) is 0 Å². The highest BCUT2D eigenvalue weighted by Gasteiger charge is 2.45. The topological polar surface area (TPSA) is 66.5 Å². The first kappa shape index (κ1) is 10.4. The van der Waals surface area contributed by atoms with Crippen molar-refractivity contribution in [3.05, 3.63) is 0 Å². The van der Waals surface area contributed by atoms with Gasteiger partial charge in [-0.15, -0.1) is 11.6 Å². The zero-order valence-corrected chi connectivity index (χ0v) is 8.79. The average molecular weight is 231 g/mol. The number of halogens is 1. The van der Waals surface area contributed by atoms with Gasteiger partial charge in [0, 0.05) is 13.1 Å². The first-order valence-corrected chi connectivity index (χ1v) is 5.35. The molecule has 82 valence electrons. The summed E-state index contributed by atoms with van der Waals surface area (Å²) in [5.41, 5.74) is 0. The molecule has 2 saturated heterocycles. The van der Waals surface area contributed by atoms with Gasteiger partial charge in [-0.3, -0.25) is 19.7 Å². The molecule has 0 unspecified atom stereocenters. The molecule has 15 heavy (non-hydrogen) atoms. The Morgan fingerprint density at radius 3 is 2.73 bits per heavy atom. The molecule has 0 aromatic carbocycles. The Labute approximate surface area is 91.7 Å². The van der Waals surface area contributed by atoms with Crippen LogP contribution in [0, 0.1) is 11.8 Å². The molecular weight excluding hydrogens is 220 g/mol. The minimum atomic E-state index is -0.376. The zero-order valence-electron chi connectivity index (χ0n) is 8.03. The van der Waals surface area contributed by atoms with Gasteiger partial charge in [0.1, 0.15) is 5.88 Å². The van der Waals surface area contributed by atoms with Gasteiger partial charge in [-0.1, -0.05) is 0 Å². The van der Waals surface area contributed by atoms with E-state index in [1.807, 2.05) is 0 Å². The molecule has 0 saturated carbocycles. The van der Waals surface area contributed by atoms with Gasteiger partial charge in [0.2, 0.25) is 17.7 Å². The lowest BCUT2D eigenvalue weighted by Crippen LogP contribution is -2.45. The molecule has 2 atom stereocenters. The van der Waals surface area contributed by atoms with Crippen molar-refractivity contribution in [2.45, 2.75) is 6.42 Å². The molecule has 2 aliphatic heterocycles. The van der Waals surface area contributed by atoms with E-state index in [9.17, 15) is 14.4 Å². The number of piperidine rings is 1. The maximum absolute atomic E-state index is 11.4. The summed E-state index contributed by atoms with van der Waals surface area (Å²) in [6, 6.07) is 0. The number of imide groups is 1. The first-order valence-electron chi connectivity index (χ1n) is 4.82. The monoisotopic (exact) mass is 230 g/mol. The van der Waals surface area contributed by atoms with Crippen molar-refractivity contribution in [1.29, 1.82) is 0 Å². The molecule has 2 fully saturated rings. The third kappa shape index (κ3) is 1.71.